The molecule has 4 rings (SSSR count). The molecule has 2 aliphatic rings. The van der Waals surface area contributed by atoms with Crippen LogP contribution in [-0.4, -0.2) is 69.8 Å². The Morgan fingerprint density at radius 1 is 1.26 bits per heavy atom. The van der Waals surface area contributed by atoms with Gasteiger partial charge in [-0.3, -0.25) is 14.4 Å². The summed E-state index contributed by atoms with van der Waals surface area (Å²) in [6, 6.07) is 2.86. The summed E-state index contributed by atoms with van der Waals surface area (Å²) < 4.78 is 13.7. The molecule has 8 nitrogen and oxygen atoms in total. The van der Waals surface area contributed by atoms with Gasteiger partial charge in [-0.25, -0.2) is 4.39 Å². The van der Waals surface area contributed by atoms with Gasteiger partial charge in [0.1, 0.15) is 11.9 Å². The number of hydrogen-bond acceptors (Lipinski definition) is 4. The van der Waals surface area contributed by atoms with Crippen LogP contribution in [0, 0.1) is 5.82 Å². The molecule has 0 bridgehead atoms. The number of fused-ring (bicyclic) bond motifs is 2. The Labute approximate surface area is 179 Å². The zero-order chi connectivity index (χ0) is 22.4. The first-order valence-electron chi connectivity index (χ1n) is 10.6. The normalized spacial score (nSPS) is 24.9. The first kappa shape index (κ1) is 21.3. The molecule has 2 fully saturated rings. The molecule has 9 heteroatoms. The molecule has 3 amide bonds. The van der Waals surface area contributed by atoms with Crippen LogP contribution in [0.15, 0.2) is 24.4 Å². The summed E-state index contributed by atoms with van der Waals surface area (Å²) in [6.45, 7) is 5.75. The van der Waals surface area contributed by atoms with Gasteiger partial charge in [-0.15, -0.1) is 0 Å². The molecule has 2 saturated heterocycles. The van der Waals surface area contributed by atoms with Crippen LogP contribution in [0.5, 0.6) is 0 Å². The van der Waals surface area contributed by atoms with Gasteiger partial charge in [-0.05, 0) is 44.0 Å². The van der Waals surface area contributed by atoms with Gasteiger partial charge in [0, 0.05) is 43.0 Å². The van der Waals surface area contributed by atoms with Crippen LogP contribution in [0.3, 0.4) is 0 Å². The number of nitrogens with one attached hydrogen (secondary N) is 2. The standard InChI is InChI=1S/C22H28FN5O3/c1-11(24)21(30)26-12(2)22(31)27-7-6-19-20(27)17(10-28(19)13(3)29)16-9-25-18-8-14(23)4-5-15(16)18/h4-5,8-9,11-12,17,19-20,25H,6-7,10,24H2,1-3H3,(H,26,30). The highest BCUT2D eigenvalue weighted by atomic mass is 19.1. The van der Waals surface area contributed by atoms with E-state index in [1.807, 2.05) is 11.1 Å². The number of carbonyl (C=O) groups is 3. The number of likely N-dealkylation sites (tertiary alicyclic amines) is 2. The van der Waals surface area contributed by atoms with Crippen LogP contribution >= 0.6 is 0 Å². The Bertz CT molecular complexity index is 1040. The lowest BCUT2D eigenvalue weighted by molar-refractivity contribution is -0.137. The summed E-state index contributed by atoms with van der Waals surface area (Å²) in [5.74, 6) is -1.05. The molecule has 2 aromatic rings. The smallest absolute Gasteiger partial charge is 0.245 e. The average Bonchev–Trinajstić information content (AvgIpc) is 3.40. The predicted molar refractivity (Wildman–Crippen MR) is 114 cm³/mol. The van der Waals surface area contributed by atoms with E-state index >= 15 is 0 Å². The van der Waals surface area contributed by atoms with Crippen molar-refractivity contribution in [1.82, 2.24) is 20.1 Å². The van der Waals surface area contributed by atoms with E-state index in [0.717, 1.165) is 10.9 Å². The number of nitrogens with two attached hydrogens (primary N) is 1. The minimum absolute atomic E-state index is 0.0315. The van der Waals surface area contributed by atoms with Gasteiger partial charge in [0.25, 0.3) is 0 Å². The lowest BCUT2D eigenvalue weighted by Crippen LogP contribution is -2.53. The number of aromatic amines is 1. The third-order valence-corrected chi connectivity index (χ3v) is 6.53. The van der Waals surface area contributed by atoms with Crippen molar-refractivity contribution < 1.29 is 18.8 Å². The zero-order valence-electron chi connectivity index (χ0n) is 17.9. The highest BCUT2D eigenvalue weighted by molar-refractivity contribution is 5.90. The van der Waals surface area contributed by atoms with E-state index in [-0.39, 0.29) is 41.5 Å². The van der Waals surface area contributed by atoms with Crippen molar-refractivity contribution in [2.45, 2.75) is 57.3 Å². The van der Waals surface area contributed by atoms with E-state index in [4.69, 9.17) is 5.73 Å². The number of nitrogens with zero attached hydrogens (tertiary/aromatic N) is 2. The van der Waals surface area contributed by atoms with Crippen LogP contribution in [0.1, 0.15) is 38.7 Å². The van der Waals surface area contributed by atoms with Crippen LogP contribution in [0.2, 0.25) is 0 Å². The molecule has 31 heavy (non-hydrogen) atoms. The van der Waals surface area contributed by atoms with Crippen LogP contribution in [-0.2, 0) is 14.4 Å². The number of amides is 3. The van der Waals surface area contributed by atoms with Crippen molar-refractivity contribution in [1.29, 1.82) is 0 Å². The number of rotatable bonds is 4. The van der Waals surface area contributed by atoms with E-state index < -0.39 is 12.1 Å². The van der Waals surface area contributed by atoms with Crippen molar-refractivity contribution in [3.63, 3.8) is 0 Å². The van der Waals surface area contributed by atoms with E-state index in [1.165, 1.54) is 12.1 Å². The van der Waals surface area contributed by atoms with E-state index in [1.54, 1.807) is 31.7 Å². The van der Waals surface area contributed by atoms with Crippen LogP contribution < -0.4 is 11.1 Å². The van der Waals surface area contributed by atoms with Gasteiger partial charge >= 0.3 is 0 Å². The molecular formula is C22H28FN5O3. The minimum atomic E-state index is -0.721. The minimum Gasteiger partial charge on any atom is -0.361 e. The second kappa shape index (κ2) is 7.96. The van der Waals surface area contributed by atoms with Gasteiger partial charge in [-0.1, -0.05) is 0 Å². The van der Waals surface area contributed by atoms with Gasteiger partial charge < -0.3 is 25.8 Å². The Balaban J connectivity index is 1.66. The first-order chi connectivity index (χ1) is 14.7. The molecule has 2 aliphatic heterocycles. The summed E-state index contributed by atoms with van der Waals surface area (Å²) >= 11 is 0. The third-order valence-electron chi connectivity index (χ3n) is 6.53. The van der Waals surface area contributed by atoms with Crippen molar-refractivity contribution in [3.8, 4) is 0 Å². The molecule has 4 N–H and O–H groups in total. The number of benzene rings is 1. The predicted octanol–water partition coefficient (Wildman–Crippen LogP) is 1.07. The van der Waals surface area contributed by atoms with Crippen molar-refractivity contribution in [2.24, 2.45) is 5.73 Å². The lowest BCUT2D eigenvalue weighted by Gasteiger charge is -2.31. The Morgan fingerprint density at radius 2 is 2.00 bits per heavy atom. The number of hydrogen-bond donors (Lipinski definition) is 3. The molecule has 166 valence electrons. The van der Waals surface area contributed by atoms with Crippen LogP contribution in [0.4, 0.5) is 4.39 Å². The Morgan fingerprint density at radius 3 is 2.68 bits per heavy atom. The molecule has 0 radical (unpaired) electrons. The summed E-state index contributed by atoms with van der Waals surface area (Å²) in [5.41, 5.74) is 7.25. The number of halogens is 1. The SMILES string of the molecule is CC(=O)N1CC(c2c[nH]c3cc(F)ccc23)C2C1CCN2C(=O)C(C)NC(=O)C(C)N. The maximum atomic E-state index is 13.7. The molecule has 0 spiro atoms. The summed E-state index contributed by atoms with van der Waals surface area (Å²) in [5, 5.41) is 3.55. The molecule has 5 atom stereocenters. The number of aromatic nitrogens is 1. The zero-order valence-corrected chi connectivity index (χ0v) is 17.9. The van der Waals surface area contributed by atoms with Gasteiger partial charge in [0.05, 0.1) is 18.1 Å². The van der Waals surface area contributed by atoms with Gasteiger partial charge in [0.2, 0.25) is 17.7 Å². The fourth-order valence-electron chi connectivity index (χ4n) is 5.06. The fourth-order valence-corrected chi connectivity index (χ4v) is 5.06. The maximum absolute atomic E-state index is 13.7. The quantitative estimate of drug-likeness (QED) is 0.675. The number of carbonyl (C=O) groups excluding carboxylic acids is 3. The second-order valence-electron chi connectivity index (χ2n) is 8.61. The first-order valence-corrected chi connectivity index (χ1v) is 10.6. The average molecular weight is 429 g/mol. The van der Waals surface area contributed by atoms with Crippen molar-refractivity contribution in [3.05, 3.63) is 35.8 Å². The molecule has 1 aromatic heterocycles. The highest BCUT2D eigenvalue weighted by Gasteiger charge is 2.52. The summed E-state index contributed by atoms with van der Waals surface area (Å²) in [7, 11) is 0. The Hall–Kier alpha value is -2.94. The summed E-state index contributed by atoms with van der Waals surface area (Å²) in [4.78, 5) is 44.3. The monoisotopic (exact) mass is 429 g/mol. The van der Waals surface area contributed by atoms with Crippen LogP contribution in [0.25, 0.3) is 10.9 Å². The van der Waals surface area contributed by atoms with Gasteiger partial charge in [-0.2, -0.15) is 0 Å². The Kier molecular flexibility index (Phi) is 5.47. The number of H-pyrrole nitrogens is 1. The lowest BCUT2D eigenvalue weighted by atomic mass is 9.91. The topological polar surface area (TPSA) is 112 Å². The molecule has 0 saturated carbocycles. The molecule has 5 unspecified atom stereocenters. The summed E-state index contributed by atoms with van der Waals surface area (Å²) in [6.07, 6.45) is 2.52. The molecule has 3 heterocycles. The van der Waals surface area contributed by atoms with Gasteiger partial charge in [0.15, 0.2) is 0 Å². The van der Waals surface area contributed by atoms with E-state index in [0.29, 0.717) is 25.0 Å². The van der Waals surface area contributed by atoms with Crippen molar-refractivity contribution in [2.75, 3.05) is 13.1 Å². The second-order valence-corrected chi connectivity index (χ2v) is 8.61. The molecule has 0 aliphatic carbocycles. The maximum Gasteiger partial charge on any atom is 0.245 e. The van der Waals surface area contributed by atoms with E-state index in [2.05, 4.69) is 10.3 Å². The van der Waals surface area contributed by atoms with Crippen molar-refractivity contribution >= 4 is 28.6 Å². The fraction of sp³-hybridized carbons (Fsp3) is 0.500. The largest absolute Gasteiger partial charge is 0.361 e. The highest BCUT2D eigenvalue weighted by Crippen LogP contribution is 2.43. The molecule has 1 aromatic carbocycles. The van der Waals surface area contributed by atoms with E-state index in [9.17, 15) is 18.8 Å². The molecular weight excluding hydrogens is 401 g/mol. The third kappa shape index (κ3) is 3.67.